The zero-order valence-corrected chi connectivity index (χ0v) is 14.2. The lowest BCUT2D eigenvalue weighted by Gasteiger charge is -2.25. The molecule has 0 aliphatic carbocycles. The van der Waals surface area contributed by atoms with Crippen LogP contribution in [0.4, 0.5) is 17.6 Å². The van der Waals surface area contributed by atoms with Gasteiger partial charge in [-0.15, -0.1) is 0 Å². The van der Waals surface area contributed by atoms with Crippen molar-refractivity contribution >= 4 is 16.7 Å². The molecule has 140 valence electrons. The number of carbonyl (C=O) groups excluding carboxylic acids is 1. The van der Waals surface area contributed by atoms with Gasteiger partial charge >= 0.3 is 0 Å². The maximum absolute atomic E-state index is 13.7. The lowest BCUT2D eigenvalue weighted by Crippen LogP contribution is -2.31. The van der Waals surface area contributed by atoms with Crippen LogP contribution in [0.15, 0.2) is 35.1 Å². The SMILES string of the molecule is C[C@@H](c1n[nH]c(=O)c2cc(F)c(F)cc12)N(C)C(=O)c1ccc(F)c(F)c1. The highest BCUT2D eigenvalue weighted by molar-refractivity contribution is 5.94. The number of fused-ring (bicyclic) bond motifs is 1. The summed E-state index contributed by atoms with van der Waals surface area (Å²) in [6, 6.07) is 3.49. The fourth-order valence-electron chi connectivity index (χ4n) is 2.69. The van der Waals surface area contributed by atoms with Gasteiger partial charge in [-0.25, -0.2) is 22.7 Å². The van der Waals surface area contributed by atoms with Crippen LogP contribution in [-0.4, -0.2) is 28.1 Å². The maximum Gasteiger partial charge on any atom is 0.272 e. The van der Waals surface area contributed by atoms with E-state index in [2.05, 4.69) is 10.2 Å². The highest BCUT2D eigenvalue weighted by Crippen LogP contribution is 2.26. The summed E-state index contributed by atoms with van der Waals surface area (Å²) in [7, 11) is 1.38. The number of nitrogens with one attached hydrogen (secondary N) is 1. The molecule has 1 amide bonds. The van der Waals surface area contributed by atoms with Crippen molar-refractivity contribution in [1.29, 1.82) is 0 Å². The first-order chi connectivity index (χ1) is 12.7. The summed E-state index contributed by atoms with van der Waals surface area (Å²) < 4.78 is 53.6. The van der Waals surface area contributed by atoms with Crippen LogP contribution < -0.4 is 5.56 Å². The minimum Gasteiger partial charge on any atom is -0.333 e. The smallest absolute Gasteiger partial charge is 0.272 e. The summed E-state index contributed by atoms with van der Waals surface area (Å²) in [6.07, 6.45) is 0. The molecule has 0 aliphatic rings. The predicted octanol–water partition coefficient (Wildman–Crippen LogP) is 3.31. The maximum atomic E-state index is 13.7. The monoisotopic (exact) mass is 379 g/mol. The number of rotatable bonds is 3. The van der Waals surface area contributed by atoms with Gasteiger partial charge in [-0.1, -0.05) is 0 Å². The van der Waals surface area contributed by atoms with E-state index in [4.69, 9.17) is 0 Å². The molecule has 9 heteroatoms. The Labute approximate surface area is 150 Å². The molecule has 0 fully saturated rings. The van der Waals surface area contributed by atoms with E-state index in [0.29, 0.717) is 0 Å². The molecule has 0 bridgehead atoms. The third kappa shape index (κ3) is 3.27. The molecule has 0 radical (unpaired) electrons. The molecule has 27 heavy (non-hydrogen) atoms. The Morgan fingerprint density at radius 1 is 1.00 bits per heavy atom. The zero-order chi connectivity index (χ0) is 19.9. The van der Waals surface area contributed by atoms with Crippen molar-refractivity contribution in [2.24, 2.45) is 0 Å². The van der Waals surface area contributed by atoms with Crippen molar-refractivity contribution in [2.45, 2.75) is 13.0 Å². The van der Waals surface area contributed by atoms with Gasteiger partial charge in [0.25, 0.3) is 11.5 Å². The van der Waals surface area contributed by atoms with E-state index in [1.807, 2.05) is 0 Å². The van der Waals surface area contributed by atoms with Gasteiger partial charge in [0, 0.05) is 18.0 Å². The highest BCUT2D eigenvalue weighted by atomic mass is 19.2. The Kier molecular flexibility index (Phi) is 4.69. The second-order valence-corrected chi connectivity index (χ2v) is 5.97. The first kappa shape index (κ1) is 18.6. The third-order valence-corrected chi connectivity index (χ3v) is 4.32. The Morgan fingerprint density at radius 3 is 2.22 bits per heavy atom. The topological polar surface area (TPSA) is 66.1 Å². The van der Waals surface area contributed by atoms with Gasteiger partial charge < -0.3 is 4.90 Å². The van der Waals surface area contributed by atoms with Crippen molar-refractivity contribution in [3.8, 4) is 0 Å². The molecular formula is C18H13F4N3O2. The molecule has 0 saturated carbocycles. The number of hydrogen-bond acceptors (Lipinski definition) is 3. The quantitative estimate of drug-likeness (QED) is 0.710. The van der Waals surface area contributed by atoms with E-state index >= 15 is 0 Å². The van der Waals surface area contributed by atoms with Crippen molar-refractivity contribution in [3.63, 3.8) is 0 Å². The van der Waals surface area contributed by atoms with Crippen LogP contribution >= 0.6 is 0 Å². The first-order valence-corrected chi connectivity index (χ1v) is 7.80. The fourth-order valence-corrected chi connectivity index (χ4v) is 2.69. The summed E-state index contributed by atoms with van der Waals surface area (Å²) in [5, 5.41) is 5.94. The van der Waals surface area contributed by atoms with Crippen LogP contribution in [0.5, 0.6) is 0 Å². The van der Waals surface area contributed by atoms with Gasteiger partial charge in [0.15, 0.2) is 23.3 Å². The van der Waals surface area contributed by atoms with Crippen LogP contribution in [0.1, 0.15) is 29.0 Å². The summed E-state index contributed by atoms with van der Waals surface area (Å²) in [4.78, 5) is 25.6. The molecule has 1 N–H and O–H groups in total. The molecule has 0 aliphatic heterocycles. The number of aromatic amines is 1. The molecule has 0 saturated heterocycles. The van der Waals surface area contributed by atoms with Crippen molar-refractivity contribution in [1.82, 2.24) is 15.1 Å². The molecule has 1 atom stereocenters. The molecule has 0 unspecified atom stereocenters. The van der Waals surface area contributed by atoms with Gasteiger partial charge in [0.1, 0.15) is 0 Å². The normalized spacial score (nSPS) is 12.2. The third-order valence-electron chi connectivity index (χ3n) is 4.32. The summed E-state index contributed by atoms with van der Waals surface area (Å²) in [5.41, 5.74) is -0.703. The van der Waals surface area contributed by atoms with E-state index in [1.165, 1.54) is 7.05 Å². The average Bonchev–Trinajstić information content (AvgIpc) is 2.64. The molecule has 1 aromatic heterocycles. The molecule has 3 aromatic rings. The number of nitrogens with zero attached hydrogens (tertiary/aromatic N) is 2. The average molecular weight is 379 g/mol. The summed E-state index contributed by atoms with van der Waals surface area (Å²) >= 11 is 0. The van der Waals surface area contributed by atoms with Gasteiger partial charge in [0.05, 0.1) is 17.1 Å². The van der Waals surface area contributed by atoms with Gasteiger partial charge in [-0.05, 0) is 37.3 Å². The van der Waals surface area contributed by atoms with Crippen molar-refractivity contribution in [2.75, 3.05) is 7.05 Å². The number of H-pyrrole nitrogens is 1. The van der Waals surface area contributed by atoms with Crippen LogP contribution in [0, 0.1) is 23.3 Å². The van der Waals surface area contributed by atoms with Crippen LogP contribution in [-0.2, 0) is 0 Å². The van der Waals surface area contributed by atoms with Gasteiger partial charge in [-0.2, -0.15) is 5.10 Å². The van der Waals surface area contributed by atoms with E-state index < -0.39 is 40.8 Å². The molecule has 0 spiro atoms. The summed E-state index contributed by atoms with van der Waals surface area (Å²) in [6.45, 7) is 1.54. The van der Waals surface area contributed by atoms with E-state index in [9.17, 15) is 27.2 Å². The molecule has 2 aromatic carbocycles. The largest absolute Gasteiger partial charge is 0.333 e. The second-order valence-electron chi connectivity index (χ2n) is 5.97. The first-order valence-electron chi connectivity index (χ1n) is 7.80. The van der Waals surface area contributed by atoms with Crippen molar-refractivity contribution in [3.05, 3.63) is 75.2 Å². The number of hydrogen-bond donors (Lipinski definition) is 1. The lowest BCUT2D eigenvalue weighted by atomic mass is 10.0. The number of aromatic nitrogens is 2. The standard InChI is InChI=1S/C18H13F4N3O2/c1-8(25(2)18(27)9-3-4-12(19)13(20)5-9)16-10-6-14(21)15(22)7-11(10)17(26)24-23-16/h3-8H,1-2H3,(H,24,26)/t8-/m0/s1. The van der Waals surface area contributed by atoms with E-state index in [1.54, 1.807) is 6.92 Å². The number of halogens is 4. The molecular weight excluding hydrogens is 366 g/mol. The predicted molar refractivity (Wildman–Crippen MR) is 89.1 cm³/mol. The number of benzene rings is 2. The Morgan fingerprint density at radius 2 is 1.59 bits per heavy atom. The molecule has 5 nitrogen and oxygen atoms in total. The fraction of sp³-hybridized carbons (Fsp3) is 0.167. The summed E-state index contributed by atoms with van der Waals surface area (Å²) in [5.74, 6) is -5.27. The minimum absolute atomic E-state index is 0.0371. The van der Waals surface area contributed by atoms with Crippen LogP contribution in [0.2, 0.25) is 0 Å². The van der Waals surface area contributed by atoms with Crippen LogP contribution in [0.25, 0.3) is 10.8 Å². The number of amides is 1. The Bertz CT molecular complexity index is 1110. The molecule has 1 heterocycles. The van der Waals surface area contributed by atoms with Crippen molar-refractivity contribution < 1.29 is 22.4 Å². The Hall–Kier alpha value is -3.23. The highest BCUT2D eigenvalue weighted by Gasteiger charge is 2.24. The van der Waals surface area contributed by atoms with Gasteiger partial charge in [-0.3, -0.25) is 9.59 Å². The number of carbonyl (C=O) groups is 1. The van der Waals surface area contributed by atoms with Gasteiger partial charge in [0.2, 0.25) is 0 Å². The van der Waals surface area contributed by atoms with E-state index in [0.717, 1.165) is 35.2 Å². The van der Waals surface area contributed by atoms with E-state index in [-0.39, 0.29) is 22.0 Å². The van der Waals surface area contributed by atoms with Crippen LogP contribution in [0.3, 0.4) is 0 Å². The minimum atomic E-state index is -1.19. The Balaban J connectivity index is 2.04. The lowest BCUT2D eigenvalue weighted by molar-refractivity contribution is 0.0739. The second kappa shape index (κ2) is 6.82. The molecule has 3 rings (SSSR count). The zero-order valence-electron chi connectivity index (χ0n) is 14.2.